The van der Waals surface area contributed by atoms with Crippen molar-refractivity contribution in [2.75, 3.05) is 31.5 Å². The number of carbonyl (C=O) groups excluding carboxylic acids is 3. The number of aryl methyl sites for hydroxylation is 1. The van der Waals surface area contributed by atoms with Crippen LogP contribution < -0.4 is 15.4 Å². The molecule has 2 aromatic carbocycles. The summed E-state index contributed by atoms with van der Waals surface area (Å²) in [6.45, 7) is 6.11. The molecule has 0 aromatic heterocycles. The average molecular weight is 532 g/mol. The van der Waals surface area contributed by atoms with Crippen LogP contribution in [0.5, 0.6) is 5.75 Å². The smallest absolute Gasteiger partial charge is 0.257 e. The van der Waals surface area contributed by atoms with E-state index in [1.165, 1.54) is 0 Å². The summed E-state index contributed by atoms with van der Waals surface area (Å²) >= 11 is 0. The van der Waals surface area contributed by atoms with Gasteiger partial charge in [0.25, 0.3) is 5.91 Å². The number of likely N-dealkylation sites (tertiary alicyclic amines) is 2. The molecule has 0 bridgehead atoms. The Labute approximate surface area is 229 Å². The van der Waals surface area contributed by atoms with Crippen molar-refractivity contribution in [1.29, 1.82) is 0 Å². The van der Waals surface area contributed by atoms with Crippen LogP contribution in [0.2, 0.25) is 0 Å². The molecule has 0 radical (unpaired) electrons. The summed E-state index contributed by atoms with van der Waals surface area (Å²) in [4.78, 5) is 47.7. The minimum absolute atomic E-state index is 0.00825. The minimum atomic E-state index is -0.697. The lowest BCUT2D eigenvalue weighted by Crippen LogP contribution is -2.45. The summed E-state index contributed by atoms with van der Waals surface area (Å²) in [5.74, 6) is 0.554. The summed E-state index contributed by atoms with van der Waals surface area (Å²) in [6, 6.07) is 12.4. The Morgan fingerprint density at radius 3 is 2.54 bits per heavy atom. The maximum Gasteiger partial charge on any atom is 0.257 e. The molecule has 2 N–H and O–H groups in total. The van der Waals surface area contributed by atoms with Crippen LogP contribution in [0.4, 0.5) is 5.69 Å². The predicted molar refractivity (Wildman–Crippen MR) is 150 cm³/mol. The van der Waals surface area contributed by atoms with Crippen LogP contribution in [0.1, 0.15) is 60.5 Å². The van der Waals surface area contributed by atoms with Gasteiger partial charge < -0.3 is 19.9 Å². The van der Waals surface area contributed by atoms with Crippen molar-refractivity contribution in [1.82, 2.24) is 15.1 Å². The van der Waals surface area contributed by atoms with Crippen molar-refractivity contribution in [3.8, 4) is 5.75 Å². The fourth-order valence-corrected chi connectivity index (χ4v) is 5.36. The predicted octanol–water partition coefficient (Wildman–Crippen LogP) is 3.52. The summed E-state index contributed by atoms with van der Waals surface area (Å²) in [5.41, 5.74) is 3.38. The maximum atomic E-state index is 13.6. The number of nitrogens with zero attached hydrogens (tertiary/aromatic N) is 3. The monoisotopic (exact) mass is 531 g/mol. The van der Waals surface area contributed by atoms with E-state index in [-0.39, 0.29) is 36.3 Å². The largest absolute Gasteiger partial charge is 0.490 e. The zero-order chi connectivity index (χ0) is 27.4. The molecule has 0 saturated carbocycles. The van der Waals surface area contributed by atoms with Gasteiger partial charge in [-0.2, -0.15) is 0 Å². The molecular formula is C30H37N5O4. The summed E-state index contributed by atoms with van der Waals surface area (Å²) < 4.78 is 5.82. The van der Waals surface area contributed by atoms with Gasteiger partial charge in [-0.3, -0.25) is 19.7 Å². The number of hydrogen-bond acceptors (Lipinski definition) is 5. The van der Waals surface area contributed by atoms with Gasteiger partial charge in [0, 0.05) is 37.3 Å². The lowest BCUT2D eigenvalue weighted by molar-refractivity contribution is -0.140. The summed E-state index contributed by atoms with van der Waals surface area (Å²) in [6.07, 6.45) is 5.10. The molecule has 3 amide bonds. The van der Waals surface area contributed by atoms with Crippen molar-refractivity contribution in [2.24, 2.45) is 4.99 Å². The highest BCUT2D eigenvalue weighted by Gasteiger charge is 2.30. The number of amides is 3. The Hall–Kier alpha value is -3.88. The molecule has 0 spiro atoms. The Morgan fingerprint density at radius 2 is 1.77 bits per heavy atom. The number of ether oxygens (including phenoxy) is 1. The second kappa shape index (κ2) is 11.9. The van der Waals surface area contributed by atoms with E-state index in [0.29, 0.717) is 18.5 Å². The van der Waals surface area contributed by atoms with E-state index in [1.807, 2.05) is 49.1 Å². The molecule has 2 atom stereocenters. The van der Waals surface area contributed by atoms with Crippen LogP contribution in [0.3, 0.4) is 0 Å². The number of carbonyl (C=O) groups is 3. The van der Waals surface area contributed by atoms with E-state index in [9.17, 15) is 14.4 Å². The van der Waals surface area contributed by atoms with Crippen LogP contribution in [0, 0.1) is 6.92 Å². The lowest BCUT2D eigenvalue weighted by atomic mass is 10.1. The first-order chi connectivity index (χ1) is 18.9. The van der Waals surface area contributed by atoms with Crippen molar-refractivity contribution in [3.63, 3.8) is 0 Å². The van der Waals surface area contributed by atoms with Crippen LogP contribution in [0.25, 0.3) is 0 Å². The van der Waals surface area contributed by atoms with Gasteiger partial charge in [0.1, 0.15) is 17.9 Å². The zero-order valence-electron chi connectivity index (χ0n) is 22.7. The number of rotatable bonds is 5. The number of hydrogen-bond donors (Lipinski definition) is 2. The molecule has 2 saturated heterocycles. The normalized spacial score (nSPS) is 21.3. The van der Waals surface area contributed by atoms with Crippen LogP contribution in [-0.2, 0) is 16.0 Å². The third-order valence-electron chi connectivity index (χ3n) is 7.53. The number of fused-ring (bicyclic) bond motifs is 1. The number of guanidine groups is 1. The van der Waals surface area contributed by atoms with Gasteiger partial charge in [-0.15, -0.1) is 0 Å². The molecule has 2 fully saturated rings. The van der Waals surface area contributed by atoms with Crippen molar-refractivity contribution < 1.29 is 19.1 Å². The topological polar surface area (TPSA) is 103 Å². The van der Waals surface area contributed by atoms with Gasteiger partial charge in [0.05, 0.1) is 6.54 Å². The fourth-order valence-electron chi connectivity index (χ4n) is 5.36. The second-order valence-corrected chi connectivity index (χ2v) is 10.7. The van der Waals surface area contributed by atoms with E-state index in [2.05, 4.69) is 10.6 Å². The minimum Gasteiger partial charge on any atom is -0.490 e. The molecule has 39 heavy (non-hydrogen) atoms. The summed E-state index contributed by atoms with van der Waals surface area (Å²) in [7, 11) is 0. The Kier molecular flexibility index (Phi) is 8.14. The molecule has 3 aliphatic heterocycles. The van der Waals surface area contributed by atoms with E-state index < -0.39 is 6.04 Å². The Bertz CT molecular complexity index is 1250. The molecule has 2 unspecified atom stereocenters. The van der Waals surface area contributed by atoms with Crippen LogP contribution in [0.15, 0.2) is 47.5 Å². The first kappa shape index (κ1) is 26.7. The van der Waals surface area contributed by atoms with Crippen molar-refractivity contribution in [3.05, 3.63) is 59.2 Å². The summed E-state index contributed by atoms with van der Waals surface area (Å²) in [5, 5.41) is 6.13. The van der Waals surface area contributed by atoms with Gasteiger partial charge in [-0.05, 0) is 81.8 Å². The molecule has 2 aromatic rings. The second-order valence-electron chi connectivity index (χ2n) is 10.7. The van der Waals surface area contributed by atoms with Crippen LogP contribution in [-0.4, -0.2) is 71.8 Å². The highest BCUT2D eigenvalue weighted by Crippen LogP contribution is 2.31. The molecule has 206 valence electrons. The SMILES string of the molecule is Cc1ccc(C(=O)NC(=NC2CCCCN(CC(=O)N3CCCC3)C2=O)Nc2ccc3c(c2)CC(C)O3)cc1. The maximum absolute atomic E-state index is 13.6. The number of nitrogens with one attached hydrogen (secondary N) is 2. The van der Waals surface area contributed by atoms with E-state index >= 15 is 0 Å². The third-order valence-corrected chi connectivity index (χ3v) is 7.53. The van der Waals surface area contributed by atoms with Crippen LogP contribution >= 0.6 is 0 Å². The molecule has 9 heteroatoms. The lowest BCUT2D eigenvalue weighted by Gasteiger charge is -2.25. The van der Waals surface area contributed by atoms with Gasteiger partial charge in [0.2, 0.25) is 17.8 Å². The Balaban J connectivity index is 1.37. The van der Waals surface area contributed by atoms with Crippen molar-refractivity contribution >= 4 is 29.4 Å². The highest BCUT2D eigenvalue weighted by atomic mass is 16.5. The quantitative estimate of drug-likeness (QED) is 0.454. The fraction of sp³-hybridized carbons (Fsp3) is 0.467. The van der Waals surface area contributed by atoms with Gasteiger partial charge in [-0.1, -0.05) is 17.7 Å². The first-order valence-electron chi connectivity index (χ1n) is 13.9. The van der Waals surface area contributed by atoms with Gasteiger partial charge in [-0.25, -0.2) is 4.99 Å². The number of aliphatic imine (C=N–C) groups is 1. The van der Waals surface area contributed by atoms with E-state index in [4.69, 9.17) is 9.73 Å². The zero-order valence-corrected chi connectivity index (χ0v) is 22.7. The van der Waals surface area contributed by atoms with Gasteiger partial charge in [0.15, 0.2) is 0 Å². The first-order valence-corrected chi connectivity index (χ1v) is 13.9. The highest BCUT2D eigenvalue weighted by molar-refractivity contribution is 6.10. The standard InChI is InChI=1S/C30H37N5O4/c1-20-8-10-22(11-9-20)28(37)33-30(31-24-12-13-26-23(18-24)17-21(2)39-26)32-25-7-3-4-16-35(29(25)38)19-27(36)34-14-5-6-15-34/h8-13,18,21,25H,3-7,14-17,19H2,1-2H3,(H2,31,32,33,37). The molecule has 3 heterocycles. The molecule has 3 aliphatic rings. The van der Waals surface area contributed by atoms with E-state index in [0.717, 1.165) is 67.8 Å². The van der Waals surface area contributed by atoms with Gasteiger partial charge >= 0.3 is 0 Å². The average Bonchev–Trinajstić information content (AvgIpc) is 3.55. The van der Waals surface area contributed by atoms with Crippen molar-refractivity contribution in [2.45, 2.75) is 64.5 Å². The van der Waals surface area contributed by atoms with E-state index in [1.54, 1.807) is 17.0 Å². The molecule has 9 nitrogen and oxygen atoms in total. The molecular weight excluding hydrogens is 494 g/mol. The third kappa shape index (κ3) is 6.58. The number of anilines is 1. The molecule has 5 rings (SSSR count). The molecule has 0 aliphatic carbocycles. The number of benzene rings is 2. The Morgan fingerprint density at radius 1 is 1.03 bits per heavy atom.